The van der Waals surface area contributed by atoms with E-state index in [1.165, 1.54) is 18.5 Å². The van der Waals surface area contributed by atoms with Gasteiger partial charge >= 0.3 is 0 Å². The van der Waals surface area contributed by atoms with Gasteiger partial charge in [-0.1, -0.05) is 0 Å². The third kappa shape index (κ3) is 2.83. The lowest BCUT2D eigenvalue weighted by Gasteiger charge is -2.15. The first-order chi connectivity index (χ1) is 8.52. The number of hydrogen-bond acceptors (Lipinski definition) is 2. The van der Waals surface area contributed by atoms with Crippen molar-refractivity contribution in [3.05, 3.63) is 23.0 Å². The first-order valence-corrected chi connectivity index (χ1v) is 6.91. The zero-order valence-corrected chi connectivity index (χ0v) is 12.0. The zero-order valence-electron chi connectivity index (χ0n) is 12.0. The second kappa shape index (κ2) is 5.27. The van der Waals surface area contributed by atoms with Gasteiger partial charge in [-0.25, -0.2) is 0 Å². The smallest absolute Gasteiger partial charge is 0.178 e. The largest absolute Gasteiger partial charge is 0.349 e. The van der Waals surface area contributed by atoms with E-state index >= 15 is 0 Å². The van der Waals surface area contributed by atoms with Gasteiger partial charge in [0.05, 0.1) is 6.54 Å². The summed E-state index contributed by atoms with van der Waals surface area (Å²) in [6.45, 7) is 8.78. The maximum absolute atomic E-state index is 12.3. The molecule has 0 aromatic carbocycles. The minimum absolute atomic E-state index is 0.256. The van der Waals surface area contributed by atoms with Gasteiger partial charge in [-0.2, -0.15) is 0 Å². The summed E-state index contributed by atoms with van der Waals surface area (Å²) in [6.07, 6.45) is 2.67. The molecule has 100 valence electrons. The summed E-state index contributed by atoms with van der Waals surface area (Å²) in [5, 5.41) is 0. The maximum atomic E-state index is 12.3. The molecule has 1 heterocycles. The van der Waals surface area contributed by atoms with Gasteiger partial charge < -0.3 is 4.57 Å². The fourth-order valence-electron chi connectivity index (χ4n) is 2.71. The van der Waals surface area contributed by atoms with Crippen LogP contribution in [0.5, 0.6) is 0 Å². The first kappa shape index (κ1) is 13.3. The van der Waals surface area contributed by atoms with E-state index in [4.69, 9.17) is 0 Å². The van der Waals surface area contributed by atoms with Crippen LogP contribution in [0, 0.1) is 19.8 Å². The molecule has 0 atom stereocenters. The molecule has 0 aliphatic heterocycles. The molecule has 3 nitrogen and oxygen atoms in total. The summed E-state index contributed by atoms with van der Waals surface area (Å²) < 4.78 is 2.20. The summed E-state index contributed by atoms with van der Waals surface area (Å²) in [7, 11) is 2.05. The summed E-state index contributed by atoms with van der Waals surface area (Å²) in [5.41, 5.74) is 3.19. The van der Waals surface area contributed by atoms with Gasteiger partial charge in [0, 0.05) is 30.0 Å². The molecule has 0 N–H and O–H groups in total. The van der Waals surface area contributed by atoms with Crippen LogP contribution >= 0.6 is 0 Å². The number of carbonyl (C=O) groups excluding carboxylic acids is 1. The number of rotatable bonds is 6. The second-order valence-corrected chi connectivity index (χ2v) is 5.59. The first-order valence-electron chi connectivity index (χ1n) is 6.91. The molecule has 0 spiro atoms. The Balaban J connectivity index is 2.03. The summed E-state index contributed by atoms with van der Waals surface area (Å²) in [5.74, 6) is 1.09. The van der Waals surface area contributed by atoms with Crippen LogP contribution in [0.4, 0.5) is 0 Å². The molecule has 1 saturated carbocycles. The van der Waals surface area contributed by atoms with Gasteiger partial charge in [0.2, 0.25) is 0 Å². The molecule has 18 heavy (non-hydrogen) atoms. The Morgan fingerprint density at radius 1 is 1.44 bits per heavy atom. The molecule has 0 amide bonds. The summed E-state index contributed by atoms with van der Waals surface area (Å²) >= 11 is 0. The van der Waals surface area contributed by atoms with Gasteiger partial charge in [-0.05, 0) is 52.6 Å². The van der Waals surface area contributed by atoms with Gasteiger partial charge in [0.15, 0.2) is 5.78 Å². The lowest BCUT2D eigenvalue weighted by molar-refractivity contribution is 0.0943. The number of Topliss-reactive ketones (excluding diaryl/α,β-unsaturated/α-hetero) is 1. The highest BCUT2D eigenvalue weighted by Crippen LogP contribution is 2.29. The molecule has 1 aromatic heterocycles. The molecular weight excluding hydrogens is 224 g/mol. The minimum atomic E-state index is 0.256. The van der Waals surface area contributed by atoms with Crippen LogP contribution in [-0.4, -0.2) is 35.4 Å². The molecule has 0 unspecified atom stereocenters. The summed E-state index contributed by atoms with van der Waals surface area (Å²) in [4.78, 5) is 14.5. The predicted molar refractivity (Wildman–Crippen MR) is 74.1 cm³/mol. The lowest BCUT2D eigenvalue weighted by atomic mass is 10.1. The van der Waals surface area contributed by atoms with Crippen LogP contribution in [0.25, 0.3) is 0 Å². The predicted octanol–water partition coefficient (Wildman–Crippen LogP) is 2.65. The van der Waals surface area contributed by atoms with E-state index in [2.05, 4.69) is 30.4 Å². The lowest BCUT2D eigenvalue weighted by Crippen LogP contribution is -2.28. The molecule has 0 radical (unpaired) electrons. The fourth-order valence-corrected chi connectivity index (χ4v) is 2.71. The number of likely N-dealkylation sites (N-methyl/N-ethyl adjacent to an activating group) is 1. The molecule has 0 saturated heterocycles. The van der Waals surface area contributed by atoms with Crippen molar-refractivity contribution in [2.45, 2.75) is 40.2 Å². The highest BCUT2D eigenvalue weighted by molar-refractivity contribution is 5.99. The highest BCUT2D eigenvalue weighted by Gasteiger charge is 2.24. The molecular formula is C15H24N2O. The number of nitrogens with zero attached hydrogens (tertiary/aromatic N) is 2. The standard InChI is InChI=1S/C15H24N2O/c1-5-17-11(2)8-14(12(17)3)15(18)10-16(4)9-13-6-7-13/h8,13H,5-7,9-10H2,1-4H3. The topological polar surface area (TPSA) is 25.2 Å². The van der Waals surface area contributed by atoms with Gasteiger partial charge in [-0.15, -0.1) is 0 Å². The van der Waals surface area contributed by atoms with Crippen LogP contribution in [0.15, 0.2) is 6.07 Å². The SMILES string of the molecule is CCn1c(C)cc(C(=O)CN(C)CC2CC2)c1C. The minimum Gasteiger partial charge on any atom is -0.349 e. The van der Waals surface area contributed by atoms with Crippen molar-refractivity contribution >= 4 is 5.78 Å². The Kier molecular flexibility index (Phi) is 3.91. The molecule has 1 aromatic rings. The van der Waals surface area contributed by atoms with Crippen molar-refractivity contribution in [2.24, 2.45) is 5.92 Å². The van der Waals surface area contributed by atoms with Crippen LogP contribution in [0.1, 0.15) is 41.5 Å². The maximum Gasteiger partial charge on any atom is 0.178 e. The third-order valence-electron chi connectivity index (χ3n) is 3.87. The van der Waals surface area contributed by atoms with E-state index in [0.717, 1.165) is 30.3 Å². The van der Waals surface area contributed by atoms with Crippen LogP contribution in [-0.2, 0) is 6.54 Å². The van der Waals surface area contributed by atoms with E-state index in [9.17, 15) is 4.79 Å². The van der Waals surface area contributed by atoms with E-state index < -0.39 is 0 Å². The van der Waals surface area contributed by atoms with Crippen molar-refractivity contribution in [3.63, 3.8) is 0 Å². The van der Waals surface area contributed by atoms with Crippen LogP contribution in [0.2, 0.25) is 0 Å². The number of hydrogen-bond donors (Lipinski definition) is 0. The number of aryl methyl sites for hydroxylation is 1. The van der Waals surface area contributed by atoms with Gasteiger partial charge in [0.25, 0.3) is 0 Å². The van der Waals surface area contributed by atoms with E-state index in [1.54, 1.807) is 0 Å². The monoisotopic (exact) mass is 248 g/mol. The normalized spacial score (nSPS) is 15.4. The van der Waals surface area contributed by atoms with Gasteiger partial charge in [0.1, 0.15) is 0 Å². The highest BCUT2D eigenvalue weighted by atomic mass is 16.1. The van der Waals surface area contributed by atoms with E-state index in [-0.39, 0.29) is 5.78 Å². The Hall–Kier alpha value is -1.09. The van der Waals surface area contributed by atoms with Gasteiger partial charge in [-0.3, -0.25) is 9.69 Å². The third-order valence-corrected chi connectivity index (χ3v) is 3.87. The van der Waals surface area contributed by atoms with Crippen molar-refractivity contribution in [3.8, 4) is 0 Å². The number of aromatic nitrogens is 1. The van der Waals surface area contributed by atoms with Crippen molar-refractivity contribution in [1.82, 2.24) is 9.47 Å². The average molecular weight is 248 g/mol. The van der Waals surface area contributed by atoms with Crippen molar-refractivity contribution < 1.29 is 4.79 Å². The molecule has 1 aliphatic rings. The average Bonchev–Trinajstić information content (AvgIpc) is 3.04. The molecule has 2 rings (SSSR count). The van der Waals surface area contributed by atoms with Crippen molar-refractivity contribution in [2.75, 3.05) is 20.1 Å². The fraction of sp³-hybridized carbons (Fsp3) is 0.667. The quantitative estimate of drug-likeness (QED) is 0.723. The molecule has 1 fully saturated rings. The van der Waals surface area contributed by atoms with Crippen molar-refractivity contribution in [1.29, 1.82) is 0 Å². The number of ketones is 1. The molecule has 0 bridgehead atoms. The number of carbonyl (C=O) groups is 1. The second-order valence-electron chi connectivity index (χ2n) is 5.59. The molecule has 1 aliphatic carbocycles. The Bertz CT molecular complexity index is 444. The molecule has 3 heteroatoms. The zero-order chi connectivity index (χ0) is 13.3. The Labute approximate surface area is 110 Å². The van der Waals surface area contributed by atoms with Crippen LogP contribution in [0.3, 0.4) is 0 Å². The van der Waals surface area contributed by atoms with Crippen LogP contribution < -0.4 is 0 Å². The van der Waals surface area contributed by atoms with E-state index in [0.29, 0.717) is 6.54 Å². The van der Waals surface area contributed by atoms with E-state index in [1.807, 2.05) is 13.0 Å². The summed E-state index contributed by atoms with van der Waals surface area (Å²) in [6, 6.07) is 2.03. The Morgan fingerprint density at radius 2 is 2.11 bits per heavy atom. The Morgan fingerprint density at radius 3 is 2.61 bits per heavy atom.